The van der Waals surface area contributed by atoms with Gasteiger partial charge in [0.25, 0.3) is 0 Å². The standard InChI is InChI=1S/C23H32N2O4S/c1-7-21(18-10-9-16(3)17(4)15-18)24-23(26)22(8-2)25(30(6,27)28)19-11-13-20(29-5)14-12-19/h9-15,21-22H,7-8H2,1-6H3,(H,24,26)/t21-,22-/m0/s1. The summed E-state index contributed by atoms with van der Waals surface area (Å²) in [6.07, 6.45) is 2.16. The molecule has 0 saturated carbocycles. The van der Waals surface area contributed by atoms with Crippen LogP contribution in [0.2, 0.25) is 0 Å². The van der Waals surface area contributed by atoms with Crippen LogP contribution >= 0.6 is 0 Å². The molecule has 1 N–H and O–H groups in total. The fourth-order valence-electron chi connectivity index (χ4n) is 3.46. The lowest BCUT2D eigenvalue weighted by molar-refractivity contribution is -0.123. The van der Waals surface area contributed by atoms with Crippen molar-refractivity contribution in [3.05, 3.63) is 59.2 Å². The van der Waals surface area contributed by atoms with Crippen molar-refractivity contribution in [2.45, 2.75) is 52.6 Å². The lowest BCUT2D eigenvalue weighted by Crippen LogP contribution is -2.50. The molecule has 0 unspecified atom stereocenters. The van der Waals surface area contributed by atoms with Gasteiger partial charge in [-0.25, -0.2) is 8.42 Å². The van der Waals surface area contributed by atoms with Gasteiger partial charge in [0.15, 0.2) is 0 Å². The molecule has 0 aliphatic heterocycles. The Kier molecular flexibility index (Phi) is 7.89. The van der Waals surface area contributed by atoms with Crippen LogP contribution < -0.4 is 14.4 Å². The van der Waals surface area contributed by atoms with Crippen LogP contribution in [0.4, 0.5) is 5.69 Å². The van der Waals surface area contributed by atoms with Crippen LogP contribution in [-0.2, 0) is 14.8 Å². The number of nitrogens with one attached hydrogen (secondary N) is 1. The van der Waals surface area contributed by atoms with Gasteiger partial charge in [0.2, 0.25) is 15.9 Å². The molecule has 0 aliphatic carbocycles. The maximum atomic E-state index is 13.2. The fraction of sp³-hybridized carbons (Fsp3) is 0.435. The molecule has 2 rings (SSSR count). The van der Waals surface area contributed by atoms with Crippen molar-refractivity contribution in [2.75, 3.05) is 17.7 Å². The van der Waals surface area contributed by atoms with Gasteiger partial charge in [-0.05, 0) is 67.6 Å². The third-order valence-electron chi connectivity index (χ3n) is 5.31. The molecule has 0 aromatic heterocycles. The van der Waals surface area contributed by atoms with E-state index in [0.717, 1.165) is 17.4 Å². The number of anilines is 1. The van der Waals surface area contributed by atoms with Crippen molar-refractivity contribution in [2.24, 2.45) is 0 Å². The molecule has 2 atom stereocenters. The van der Waals surface area contributed by atoms with Crippen molar-refractivity contribution in [3.63, 3.8) is 0 Å². The van der Waals surface area contributed by atoms with Crippen LogP contribution in [0.25, 0.3) is 0 Å². The van der Waals surface area contributed by atoms with E-state index in [1.807, 2.05) is 39.8 Å². The summed E-state index contributed by atoms with van der Waals surface area (Å²) >= 11 is 0. The highest BCUT2D eigenvalue weighted by molar-refractivity contribution is 7.92. The van der Waals surface area contributed by atoms with Crippen molar-refractivity contribution < 1.29 is 17.9 Å². The van der Waals surface area contributed by atoms with Crippen LogP contribution in [0.15, 0.2) is 42.5 Å². The van der Waals surface area contributed by atoms with E-state index >= 15 is 0 Å². The maximum absolute atomic E-state index is 13.2. The molecule has 0 bridgehead atoms. The number of nitrogens with zero attached hydrogens (tertiary/aromatic N) is 1. The fourth-order valence-corrected chi connectivity index (χ4v) is 4.67. The van der Waals surface area contributed by atoms with E-state index in [1.54, 1.807) is 31.4 Å². The minimum Gasteiger partial charge on any atom is -0.497 e. The van der Waals surface area contributed by atoms with E-state index in [4.69, 9.17) is 4.74 Å². The van der Waals surface area contributed by atoms with E-state index in [2.05, 4.69) is 11.4 Å². The molecule has 0 heterocycles. The Morgan fingerprint density at radius 3 is 2.13 bits per heavy atom. The molecule has 6 nitrogen and oxygen atoms in total. The highest BCUT2D eigenvalue weighted by Gasteiger charge is 2.32. The van der Waals surface area contributed by atoms with Gasteiger partial charge < -0.3 is 10.1 Å². The molecular formula is C23H32N2O4S. The molecule has 1 amide bonds. The first kappa shape index (κ1) is 23.7. The van der Waals surface area contributed by atoms with Crippen LogP contribution in [0, 0.1) is 13.8 Å². The first-order chi connectivity index (χ1) is 14.1. The molecule has 0 spiro atoms. The molecule has 0 fully saturated rings. The molecule has 7 heteroatoms. The van der Waals surface area contributed by atoms with E-state index in [1.165, 1.54) is 9.87 Å². The number of methoxy groups -OCH3 is 1. The molecule has 0 saturated heterocycles. The van der Waals surface area contributed by atoms with Crippen LogP contribution in [0.5, 0.6) is 5.75 Å². The number of carbonyl (C=O) groups is 1. The van der Waals surface area contributed by atoms with Gasteiger partial charge in [0.05, 0.1) is 25.1 Å². The number of hydrogen-bond acceptors (Lipinski definition) is 4. The molecular weight excluding hydrogens is 400 g/mol. The highest BCUT2D eigenvalue weighted by Crippen LogP contribution is 2.26. The Bertz CT molecular complexity index is 971. The summed E-state index contributed by atoms with van der Waals surface area (Å²) in [6.45, 7) is 7.89. The van der Waals surface area contributed by atoms with Gasteiger partial charge in [-0.3, -0.25) is 9.10 Å². The Labute approximate surface area is 180 Å². The van der Waals surface area contributed by atoms with Crippen LogP contribution in [0.3, 0.4) is 0 Å². The predicted molar refractivity (Wildman–Crippen MR) is 121 cm³/mol. The average molecular weight is 433 g/mol. The number of aryl methyl sites for hydroxylation is 2. The summed E-state index contributed by atoms with van der Waals surface area (Å²) in [5, 5.41) is 3.06. The topological polar surface area (TPSA) is 75.7 Å². The van der Waals surface area contributed by atoms with E-state index in [0.29, 0.717) is 24.3 Å². The number of carbonyl (C=O) groups excluding carboxylic acids is 1. The van der Waals surface area contributed by atoms with Crippen LogP contribution in [0.1, 0.15) is 49.4 Å². The summed E-state index contributed by atoms with van der Waals surface area (Å²) < 4.78 is 31.6. The number of rotatable bonds is 9. The zero-order valence-electron chi connectivity index (χ0n) is 18.6. The van der Waals surface area contributed by atoms with Gasteiger partial charge in [0.1, 0.15) is 11.8 Å². The molecule has 2 aromatic rings. The minimum atomic E-state index is -3.68. The average Bonchev–Trinajstić information content (AvgIpc) is 2.71. The number of ether oxygens (including phenoxy) is 1. The summed E-state index contributed by atoms with van der Waals surface area (Å²) in [6, 6.07) is 11.7. The molecule has 164 valence electrons. The van der Waals surface area contributed by atoms with Gasteiger partial charge >= 0.3 is 0 Å². The summed E-state index contributed by atoms with van der Waals surface area (Å²) in [4.78, 5) is 13.2. The van der Waals surface area contributed by atoms with E-state index in [-0.39, 0.29) is 11.9 Å². The summed E-state index contributed by atoms with van der Waals surface area (Å²) in [5.74, 6) is 0.300. The van der Waals surface area contributed by atoms with Crippen molar-refractivity contribution in [3.8, 4) is 5.75 Å². The Hall–Kier alpha value is -2.54. The first-order valence-electron chi connectivity index (χ1n) is 10.1. The predicted octanol–water partition coefficient (Wildman–Crippen LogP) is 4.12. The minimum absolute atomic E-state index is 0.192. The number of benzene rings is 2. The van der Waals surface area contributed by atoms with Crippen molar-refractivity contribution >= 4 is 21.6 Å². The SMILES string of the molecule is CC[C@H](NC(=O)[C@H](CC)N(c1ccc(OC)cc1)S(C)(=O)=O)c1ccc(C)c(C)c1. The molecule has 30 heavy (non-hydrogen) atoms. The lowest BCUT2D eigenvalue weighted by atomic mass is 9.99. The third kappa shape index (κ3) is 5.53. The Morgan fingerprint density at radius 1 is 1.03 bits per heavy atom. The Morgan fingerprint density at radius 2 is 1.67 bits per heavy atom. The second kappa shape index (κ2) is 9.98. The van der Waals surface area contributed by atoms with E-state index < -0.39 is 16.1 Å². The second-order valence-corrected chi connectivity index (χ2v) is 9.35. The third-order valence-corrected chi connectivity index (χ3v) is 6.49. The normalized spacial score (nSPS) is 13.4. The van der Waals surface area contributed by atoms with Crippen molar-refractivity contribution in [1.82, 2.24) is 5.32 Å². The summed E-state index contributed by atoms with van der Waals surface area (Å²) in [5.41, 5.74) is 3.79. The lowest BCUT2D eigenvalue weighted by Gasteiger charge is -2.31. The number of sulfonamides is 1. The largest absolute Gasteiger partial charge is 0.497 e. The van der Waals surface area contributed by atoms with Crippen LogP contribution in [-0.4, -0.2) is 33.7 Å². The molecule has 2 aromatic carbocycles. The maximum Gasteiger partial charge on any atom is 0.244 e. The van der Waals surface area contributed by atoms with Gasteiger partial charge in [-0.2, -0.15) is 0 Å². The first-order valence-corrected chi connectivity index (χ1v) is 12.0. The van der Waals surface area contributed by atoms with E-state index in [9.17, 15) is 13.2 Å². The smallest absolute Gasteiger partial charge is 0.244 e. The number of amides is 1. The number of hydrogen-bond donors (Lipinski definition) is 1. The van der Waals surface area contributed by atoms with Gasteiger partial charge in [-0.15, -0.1) is 0 Å². The quantitative estimate of drug-likeness (QED) is 0.647. The highest BCUT2D eigenvalue weighted by atomic mass is 32.2. The van der Waals surface area contributed by atoms with Crippen molar-refractivity contribution in [1.29, 1.82) is 0 Å². The zero-order chi connectivity index (χ0) is 22.5. The Balaban J connectivity index is 2.35. The van der Waals surface area contributed by atoms with Gasteiger partial charge in [-0.1, -0.05) is 32.0 Å². The monoisotopic (exact) mass is 432 g/mol. The summed E-state index contributed by atoms with van der Waals surface area (Å²) in [7, 11) is -2.14. The second-order valence-electron chi connectivity index (χ2n) is 7.49. The molecule has 0 radical (unpaired) electrons. The zero-order valence-corrected chi connectivity index (χ0v) is 19.4. The van der Waals surface area contributed by atoms with Gasteiger partial charge in [0, 0.05) is 0 Å². The molecule has 0 aliphatic rings.